The molecule has 0 fully saturated rings. The van der Waals surface area contributed by atoms with Crippen molar-refractivity contribution in [2.24, 2.45) is 0 Å². The predicted molar refractivity (Wildman–Crippen MR) is 95.4 cm³/mol. The zero-order valence-corrected chi connectivity index (χ0v) is 15.2. The van der Waals surface area contributed by atoms with Crippen LogP contribution in [0.5, 0.6) is 11.5 Å². The summed E-state index contributed by atoms with van der Waals surface area (Å²) in [4.78, 5) is 14.2. The van der Waals surface area contributed by atoms with Crippen molar-refractivity contribution < 1.29 is 14.3 Å². The van der Waals surface area contributed by atoms with Crippen molar-refractivity contribution in [3.8, 4) is 11.5 Å². The number of ether oxygens (including phenoxy) is 2. The second kappa shape index (κ2) is 7.69. The number of nitrogens with zero attached hydrogens (tertiary/aromatic N) is 3. The standard InChI is InChI=1S/C17H22N4O3S/c1-3-6-15-18-19-17(25)21(15)10-16(22)20(2)9-12-11-23-13-7-4-5-8-14(13)24-12/h4-5,7-8,12H,3,6,9-11H2,1-2H3,(H,19,25)/t12-/m1/s1. The van der Waals surface area contributed by atoms with E-state index >= 15 is 0 Å². The maximum Gasteiger partial charge on any atom is 0.242 e. The molecular weight excluding hydrogens is 340 g/mol. The first-order valence-electron chi connectivity index (χ1n) is 8.35. The fourth-order valence-electron chi connectivity index (χ4n) is 2.74. The second-order valence-electron chi connectivity index (χ2n) is 6.05. The highest BCUT2D eigenvalue weighted by molar-refractivity contribution is 7.71. The van der Waals surface area contributed by atoms with Crippen LogP contribution in [0.2, 0.25) is 0 Å². The summed E-state index contributed by atoms with van der Waals surface area (Å²) in [5.41, 5.74) is 0. The zero-order chi connectivity index (χ0) is 17.8. The number of hydrogen-bond acceptors (Lipinski definition) is 5. The molecule has 1 aliphatic rings. The quantitative estimate of drug-likeness (QED) is 0.798. The highest BCUT2D eigenvalue weighted by Gasteiger charge is 2.24. The average molecular weight is 362 g/mol. The van der Waals surface area contributed by atoms with Crippen LogP contribution in [0.25, 0.3) is 0 Å². The van der Waals surface area contributed by atoms with Gasteiger partial charge in [0.25, 0.3) is 0 Å². The first kappa shape index (κ1) is 17.5. The van der Waals surface area contributed by atoms with Crippen molar-refractivity contribution in [3.05, 3.63) is 34.9 Å². The minimum Gasteiger partial charge on any atom is -0.486 e. The van der Waals surface area contributed by atoms with Gasteiger partial charge in [-0.25, -0.2) is 0 Å². The number of aromatic nitrogens is 3. The molecule has 134 valence electrons. The normalized spacial score (nSPS) is 15.8. The number of hydrogen-bond donors (Lipinski definition) is 1. The van der Waals surface area contributed by atoms with Gasteiger partial charge in [0.1, 0.15) is 19.0 Å². The molecule has 1 aliphatic heterocycles. The number of aromatic amines is 1. The fraction of sp³-hybridized carbons (Fsp3) is 0.471. The van der Waals surface area contributed by atoms with E-state index in [4.69, 9.17) is 21.7 Å². The Hall–Kier alpha value is -2.35. The molecule has 7 nitrogen and oxygen atoms in total. The van der Waals surface area contributed by atoms with Crippen LogP contribution in [-0.2, 0) is 17.8 Å². The smallest absolute Gasteiger partial charge is 0.242 e. The highest BCUT2D eigenvalue weighted by atomic mass is 32.1. The number of carbonyl (C=O) groups is 1. The third-order valence-electron chi connectivity index (χ3n) is 4.08. The van der Waals surface area contributed by atoms with Crippen LogP contribution in [0, 0.1) is 4.77 Å². The minimum absolute atomic E-state index is 0.0442. The third kappa shape index (κ3) is 4.01. The van der Waals surface area contributed by atoms with E-state index in [-0.39, 0.29) is 18.6 Å². The van der Waals surface area contributed by atoms with E-state index in [9.17, 15) is 4.79 Å². The van der Waals surface area contributed by atoms with E-state index in [1.54, 1.807) is 16.5 Å². The lowest BCUT2D eigenvalue weighted by atomic mass is 10.2. The SMILES string of the molecule is CCCc1n[nH]c(=S)n1CC(=O)N(C)C[C@@H]1COc2ccccc2O1. The topological polar surface area (TPSA) is 72.4 Å². The van der Waals surface area contributed by atoms with Crippen molar-refractivity contribution in [2.45, 2.75) is 32.4 Å². The lowest BCUT2D eigenvalue weighted by molar-refractivity contribution is -0.132. The molecule has 1 aromatic carbocycles. The number of nitrogens with one attached hydrogen (secondary N) is 1. The monoisotopic (exact) mass is 362 g/mol. The fourth-order valence-corrected chi connectivity index (χ4v) is 2.96. The molecule has 1 amide bonds. The van der Waals surface area contributed by atoms with Gasteiger partial charge in [0.15, 0.2) is 22.4 Å². The summed E-state index contributed by atoms with van der Waals surface area (Å²) in [5.74, 6) is 2.21. The predicted octanol–water partition coefficient (Wildman–Crippen LogP) is 2.19. The van der Waals surface area contributed by atoms with Crippen molar-refractivity contribution in [3.63, 3.8) is 0 Å². The maximum absolute atomic E-state index is 12.6. The van der Waals surface area contributed by atoms with Crippen LogP contribution in [0.1, 0.15) is 19.2 Å². The van der Waals surface area contributed by atoms with Crippen molar-refractivity contribution in [1.29, 1.82) is 0 Å². The third-order valence-corrected chi connectivity index (χ3v) is 4.39. The first-order valence-corrected chi connectivity index (χ1v) is 8.75. The summed E-state index contributed by atoms with van der Waals surface area (Å²) in [6, 6.07) is 7.54. The number of carbonyl (C=O) groups excluding carboxylic acids is 1. The maximum atomic E-state index is 12.6. The Morgan fingerprint density at radius 3 is 2.96 bits per heavy atom. The van der Waals surface area contributed by atoms with Crippen LogP contribution in [0.15, 0.2) is 24.3 Å². The number of para-hydroxylation sites is 2. The molecule has 0 bridgehead atoms. The van der Waals surface area contributed by atoms with Crippen LogP contribution in [-0.4, -0.2) is 51.9 Å². The number of likely N-dealkylation sites (N-methyl/N-ethyl adjacent to an activating group) is 1. The number of rotatable bonds is 6. The van der Waals surface area contributed by atoms with Crippen LogP contribution < -0.4 is 9.47 Å². The van der Waals surface area contributed by atoms with Gasteiger partial charge in [-0.3, -0.25) is 14.5 Å². The Balaban J connectivity index is 1.60. The van der Waals surface area contributed by atoms with Gasteiger partial charge in [0.05, 0.1) is 6.54 Å². The molecule has 0 radical (unpaired) electrons. The molecule has 1 aromatic heterocycles. The van der Waals surface area contributed by atoms with Gasteiger partial charge < -0.3 is 14.4 Å². The van der Waals surface area contributed by atoms with Crippen LogP contribution >= 0.6 is 12.2 Å². The molecule has 0 saturated heterocycles. The number of H-pyrrole nitrogens is 1. The lowest BCUT2D eigenvalue weighted by Gasteiger charge is -2.29. The summed E-state index contributed by atoms with van der Waals surface area (Å²) in [6.45, 7) is 3.10. The van der Waals surface area contributed by atoms with Crippen LogP contribution in [0.4, 0.5) is 0 Å². The van der Waals surface area contributed by atoms with Gasteiger partial charge in [-0.1, -0.05) is 19.1 Å². The minimum atomic E-state index is -0.198. The summed E-state index contributed by atoms with van der Waals surface area (Å²) >= 11 is 5.23. The lowest BCUT2D eigenvalue weighted by Crippen LogP contribution is -2.42. The van der Waals surface area contributed by atoms with E-state index in [0.29, 0.717) is 23.7 Å². The number of fused-ring (bicyclic) bond motifs is 1. The van der Waals surface area contributed by atoms with Gasteiger partial charge in [0, 0.05) is 13.5 Å². The first-order chi connectivity index (χ1) is 12.1. The number of amides is 1. The van der Waals surface area contributed by atoms with E-state index < -0.39 is 0 Å². The highest BCUT2D eigenvalue weighted by Crippen LogP contribution is 2.30. The Bertz CT molecular complexity index is 801. The zero-order valence-electron chi connectivity index (χ0n) is 14.4. The van der Waals surface area contributed by atoms with Gasteiger partial charge in [-0.05, 0) is 30.8 Å². The molecule has 1 N–H and O–H groups in total. The molecule has 0 aliphatic carbocycles. The second-order valence-corrected chi connectivity index (χ2v) is 6.44. The van der Waals surface area contributed by atoms with Gasteiger partial charge >= 0.3 is 0 Å². The van der Waals surface area contributed by atoms with E-state index in [0.717, 1.165) is 24.4 Å². The Morgan fingerprint density at radius 1 is 1.44 bits per heavy atom. The van der Waals surface area contributed by atoms with Crippen LogP contribution in [0.3, 0.4) is 0 Å². The Kier molecular flexibility index (Phi) is 5.37. The van der Waals surface area contributed by atoms with Crippen molar-refractivity contribution in [1.82, 2.24) is 19.7 Å². The van der Waals surface area contributed by atoms with E-state index in [1.807, 2.05) is 24.3 Å². The molecule has 0 unspecified atom stereocenters. The summed E-state index contributed by atoms with van der Waals surface area (Å²) in [6.07, 6.45) is 1.52. The van der Waals surface area contributed by atoms with Crippen molar-refractivity contribution in [2.75, 3.05) is 20.2 Å². The van der Waals surface area contributed by atoms with Gasteiger partial charge in [0.2, 0.25) is 5.91 Å². The number of benzene rings is 1. The largest absolute Gasteiger partial charge is 0.486 e. The molecule has 1 atom stereocenters. The molecule has 8 heteroatoms. The average Bonchev–Trinajstić information content (AvgIpc) is 2.95. The molecule has 0 spiro atoms. The summed E-state index contributed by atoms with van der Waals surface area (Å²) < 4.78 is 13.8. The number of aryl methyl sites for hydroxylation is 1. The van der Waals surface area contributed by atoms with Gasteiger partial charge in [-0.15, -0.1) is 0 Å². The molecule has 0 saturated carbocycles. The van der Waals surface area contributed by atoms with E-state index in [2.05, 4.69) is 17.1 Å². The molecule has 2 heterocycles. The summed E-state index contributed by atoms with van der Waals surface area (Å²) in [5, 5.41) is 6.95. The summed E-state index contributed by atoms with van der Waals surface area (Å²) in [7, 11) is 1.76. The molecule has 2 aromatic rings. The molecular formula is C17H22N4O3S. The van der Waals surface area contributed by atoms with Gasteiger partial charge in [-0.2, -0.15) is 5.10 Å². The molecule has 3 rings (SSSR count). The van der Waals surface area contributed by atoms with E-state index in [1.165, 1.54) is 0 Å². The van der Waals surface area contributed by atoms with Crippen molar-refractivity contribution >= 4 is 18.1 Å². The Labute approximate surface area is 151 Å². The molecule has 25 heavy (non-hydrogen) atoms. The Morgan fingerprint density at radius 2 is 2.20 bits per heavy atom.